The van der Waals surface area contributed by atoms with Gasteiger partial charge in [0.1, 0.15) is 11.5 Å². The molecule has 0 unspecified atom stereocenters. The van der Waals surface area contributed by atoms with Crippen LogP contribution in [0.2, 0.25) is 0 Å². The summed E-state index contributed by atoms with van der Waals surface area (Å²) in [6, 6.07) is 6.16. The Morgan fingerprint density at radius 1 is 1.16 bits per heavy atom. The number of aliphatic carboxylic acids is 1. The molecule has 1 aliphatic rings. The number of carbonyl (C=O) groups is 2. The van der Waals surface area contributed by atoms with Gasteiger partial charge < -0.3 is 9.63 Å². The Balaban J connectivity index is 1.63. The molecule has 2 aromatic rings. The molecule has 3 rings (SSSR count). The second-order valence-electron chi connectivity index (χ2n) is 9.68. The molecule has 168 valence electrons. The minimum absolute atomic E-state index is 0.0554. The lowest BCUT2D eigenvalue weighted by Crippen LogP contribution is -2.24. The van der Waals surface area contributed by atoms with Gasteiger partial charge in [0, 0.05) is 37.2 Å². The number of hydrogen-bond donors (Lipinski definition) is 1. The van der Waals surface area contributed by atoms with Crippen molar-refractivity contribution < 1.29 is 19.2 Å². The number of hydrogen-bond acceptors (Lipinski definition) is 4. The number of carboxylic acid groups (broad SMARTS) is 1. The molecule has 0 radical (unpaired) electrons. The van der Waals surface area contributed by atoms with Gasteiger partial charge in [-0.1, -0.05) is 42.8 Å². The first-order valence-electron chi connectivity index (χ1n) is 11.5. The third-order valence-corrected chi connectivity index (χ3v) is 6.43. The van der Waals surface area contributed by atoms with Crippen LogP contribution in [-0.2, 0) is 28.9 Å². The number of carbonyl (C=O) groups excluding carboxylic acids is 1. The van der Waals surface area contributed by atoms with E-state index in [9.17, 15) is 9.59 Å². The van der Waals surface area contributed by atoms with Crippen LogP contribution in [0.4, 0.5) is 0 Å². The van der Waals surface area contributed by atoms with E-state index in [-0.39, 0.29) is 12.2 Å². The number of carboxylic acids is 1. The second kappa shape index (κ2) is 10.3. The Bertz CT molecular complexity index is 921. The molecule has 0 atom stereocenters. The van der Waals surface area contributed by atoms with Crippen LogP contribution in [0.5, 0.6) is 0 Å². The van der Waals surface area contributed by atoms with E-state index in [1.54, 1.807) is 0 Å². The summed E-state index contributed by atoms with van der Waals surface area (Å²) in [7, 11) is 0. The molecule has 1 aromatic carbocycles. The summed E-state index contributed by atoms with van der Waals surface area (Å²) < 4.78 is 5.71. The van der Waals surface area contributed by atoms with Gasteiger partial charge in [0.2, 0.25) is 0 Å². The van der Waals surface area contributed by atoms with Gasteiger partial charge >= 0.3 is 5.97 Å². The molecule has 0 spiro atoms. The zero-order chi connectivity index (χ0) is 22.5. The molecular weight excluding hydrogens is 390 g/mol. The molecule has 1 saturated carbocycles. The smallest absolute Gasteiger partial charge is 0.303 e. The standard InChI is InChI=1S/C26H35NO4/c1-16(2)11-19-13-21(14-19)26-23(8-10-25(29)30)24(27-31-26)9-7-22(28)15-20-6-5-17(3)12-18(20)4/h5-6,12,16,19,21H,7-11,13-15H2,1-4H3,(H,29,30). The fraction of sp³-hybridized carbons (Fsp3) is 0.577. The number of rotatable bonds is 11. The molecule has 0 bridgehead atoms. The van der Waals surface area contributed by atoms with Crippen LogP contribution >= 0.6 is 0 Å². The maximum absolute atomic E-state index is 12.6. The van der Waals surface area contributed by atoms with E-state index >= 15 is 0 Å². The minimum atomic E-state index is -0.824. The fourth-order valence-electron chi connectivity index (χ4n) is 4.79. The monoisotopic (exact) mass is 425 g/mol. The summed E-state index contributed by atoms with van der Waals surface area (Å²) in [6.07, 6.45) is 5.16. The number of aromatic nitrogens is 1. The first-order valence-corrected chi connectivity index (χ1v) is 11.5. The van der Waals surface area contributed by atoms with Crippen molar-refractivity contribution in [3.05, 3.63) is 51.9 Å². The van der Waals surface area contributed by atoms with E-state index in [2.05, 4.69) is 25.1 Å². The number of ketones is 1. The maximum Gasteiger partial charge on any atom is 0.303 e. The van der Waals surface area contributed by atoms with Crippen LogP contribution in [0.25, 0.3) is 0 Å². The summed E-state index contributed by atoms with van der Waals surface area (Å²) in [5.41, 5.74) is 5.08. The van der Waals surface area contributed by atoms with Gasteiger partial charge in [0.25, 0.3) is 0 Å². The molecule has 31 heavy (non-hydrogen) atoms. The zero-order valence-electron chi connectivity index (χ0n) is 19.2. The molecule has 5 heteroatoms. The predicted octanol–water partition coefficient (Wildman–Crippen LogP) is 5.59. The molecule has 0 aliphatic heterocycles. The quantitative estimate of drug-likeness (QED) is 0.507. The van der Waals surface area contributed by atoms with Crippen LogP contribution < -0.4 is 0 Å². The number of aryl methyl sites for hydroxylation is 3. The summed E-state index contributed by atoms with van der Waals surface area (Å²) in [5.74, 6) is 1.94. The van der Waals surface area contributed by atoms with Crippen molar-refractivity contribution in [3.8, 4) is 0 Å². The van der Waals surface area contributed by atoms with Gasteiger partial charge in [-0.05, 0) is 62.5 Å². The Kier molecular flexibility index (Phi) is 7.69. The van der Waals surface area contributed by atoms with Crippen molar-refractivity contribution in [2.45, 2.75) is 85.0 Å². The minimum Gasteiger partial charge on any atom is -0.481 e. The molecule has 1 heterocycles. The zero-order valence-corrected chi connectivity index (χ0v) is 19.2. The topological polar surface area (TPSA) is 80.4 Å². The van der Waals surface area contributed by atoms with Gasteiger partial charge in [-0.2, -0.15) is 0 Å². The summed E-state index contributed by atoms with van der Waals surface area (Å²) in [5, 5.41) is 13.4. The normalized spacial score (nSPS) is 18.2. The summed E-state index contributed by atoms with van der Waals surface area (Å²) >= 11 is 0. The van der Waals surface area contributed by atoms with Gasteiger partial charge in [0.05, 0.1) is 5.69 Å². The molecule has 1 aliphatic carbocycles. The highest BCUT2D eigenvalue weighted by Gasteiger charge is 2.35. The average molecular weight is 426 g/mol. The van der Waals surface area contributed by atoms with Crippen LogP contribution in [0.3, 0.4) is 0 Å². The van der Waals surface area contributed by atoms with Gasteiger partial charge in [-0.15, -0.1) is 0 Å². The van der Waals surface area contributed by atoms with Gasteiger partial charge in [0.15, 0.2) is 0 Å². The number of benzene rings is 1. The van der Waals surface area contributed by atoms with E-state index in [0.717, 1.165) is 41.0 Å². The summed E-state index contributed by atoms with van der Waals surface area (Å²) in [6.45, 7) is 8.57. The van der Waals surface area contributed by atoms with Crippen LogP contribution in [0, 0.1) is 25.7 Å². The lowest BCUT2D eigenvalue weighted by Gasteiger charge is -2.35. The lowest BCUT2D eigenvalue weighted by molar-refractivity contribution is -0.137. The lowest BCUT2D eigenvalue weighted by atomic mass is 9.69. The molecule has 0 amide bonds. The second-order valence-corrected chi connectivity index (χ2v) is 9.68. The van der Waals surface area contributed by atoms with Crippen molar-refractivity contribution in [3.63, 3.8) is 0 Å². The average Bonchev–Trinajstić information content (AvgIpc) is 3.05. The predicted molar refractivity (Wildman–Crippen MR) is 120 cm³/mol. The Hall–Kier alpha value is -2.43. The van der Waals surface area contributed by atoms with Crippen molar-refractivity contribution in [1.29, 1.82) is 0 Å². The van der Waals surface area contributed by atoms with E-state index in [0.29, 0.717) is 43.4 Å². The van der Waals surface area contributed by atoms with Crippen LogP contribution in [0.1, 0.15) is 85.6 Å². The molecule has 1 N–H and O–H groups in total. The first-order chi connectivity index (χ1) is 14.7. The SMILES string of the molecule is Cc1ccc(CC(=O)CCc2noc(C3CC(CC(C)C)C3)c2CCC(=O)O)c(C)c1. The Morgan fingerprint density at radius 3 is 2.55 bits per heavy atom. The Labute approximate surface area is 185 Å². The molecule has 1 aromatic heterocycles. The third-order valence-electron chi connectivity index (χ3n) is 6.43. The largest absolute Gasteiger partial charge is 0.481 e. The molecule has 1 fully saturated rings. The third kappa shape index (κ3) is 6.28. The van der Waals surface area contributed by atoms with Crippen LogP contribution in [0.15, 0.2) is 22.7 Å². The van der Waals surface area contributed by atoms with Crippen molar-refractivity contribution in [1.82, 2.24) is 5.16 Å². The highest BCUT2D eigenvalue weighted by atomic mass is 16.5. The Morgan fingerprint density at radius 2 is 1.90 bits per heavy atom. The highest BCUT2D eigenvalue weighted by Crippen LogP contribution is 2.46. The molecule has 0 saturated heterocycles. The van der Waals surface area contributed by atoms with E-state index in [4.69, 9.17) is 9.63 Å². The van der Waals surface area contributed by atoms with Crippen molar-refractivity contribution >= 4 is 11.8 Å². The fourth-order valence-corrected chi connectivity index (χ4v) is 4.79. The molecular formula is C26H35NO4. The number of nitrogens with zero attached hydrogens (tertiary/aromatic N) is 1. The van der Waals surface area contributed by atoms with Gasteiger partial charge in [-0.25, -0.2) is 0 Å². The van der Waals surface area contributed by atoms with Crippen LogP contribution in [-0.4, -0.2) is 22.0 Å². The first kappa shape index (κ1) is 23.2. The summed E-state index contributed by atoms with van der Waals surface area (Å²) in [4.78, 5) is 23.8. The van der Waals surface area contributed by atoms with Crippen molar-refractivity contribution in [2.75, 3.05) is 0 Å². The maximum atomic E-state index is 12.6. The highest BCUT2D eigenvalue weighted by molar-refractivity contribution is 5.81. The van der Waals surface area contributed by atoms with E-state index in [1.165, 1.54) is 12.0 Å². The number of Topliss-reactive ketones (excluding diaryl/α,β-unsaturated/α-hetero) is 1. The van der Waals surface area contributed by atoms with Crippen molar-refractivity contribution in [2.24, 2.45) is 11.8 Å². The van der Waals surface area contributed by atoms with Gasteiger partial charge in [-0.3, -0.25) is 9.59 Å². The van der Waals surface area contributed by atoms with E-state index < -0.39 is 5.97 Å². The van der Waals surface area contributed by atoms with E-state index in [1.807, 2.05) is 26.0 Å². The molecule has 5 nitrogen and oxygen atoms in total.